The van der Waals surface area contributed by atoms with E-state index in [4.69, 9.17) is 5.11 Å². The number of carbonyl (C=O) groups is 1. The summed E-state index contributed by atoms with van der Waals surface area (Å²) in [7, 11) is 0. The quantitative estimate of drug-likeness (QED) is 0.734. The third kappa shape index (κ3) is 5.65. The normalized spacial score (nSPS) is 11.4. The first-order valence-electron chi connectivity index (χ1n) is 6.50. The SMILES string of the molecule is Cc1ccc(CN(CCCCC(=O)O)C(C)C)s1. The molecule has 0 aliphatic rings. The first kappa shape index (κ1) is 15.2. The van der Waals surface area contributed by atoms with Gasteiger partial charge in [-0.3, -0.25) is 9.69 Å². The van der Waals surface area contributed by atoms with Crippen LogP contribution >= 0.6 is 11.3 Å². The van der Waals surface area contributed by atoms with E-state index in [-0.39, 0.29) is 6.42 Å². The smallest absolute Gasteiger partial charge is 0.303 e. The molecule has 0 aliphatic heterocycles. The number of thiophene rings is 1. The van der Waals surface area contributed by atoms with Crippen LogP contribution in [0.4, 0.5) is 0 Å². The van der Waals surface area contributed by atoms with Crippen LogP contribution in [0.3, 0.4) is 0 Å². The number of hydrogen-bond donors (Lipinski definition) is 1. The van der Waals surface area contributed by atoms with Gasteiger partial charge in [0.2, 0.25) is 0 Å². The van der Waals surface area contributed by atoms with Gasteiger partial charge in [0.1, 0.15) is 0 Å². The van der Waals surface area contributed by atoms with E-state index in [1.165, 1.54) is 9.75 Å². The molecule has 0 bridgehead atoms. The molecule has 0 aromatic carbocycles. The van der Waals surface area contributed by atoms with Crippen molar-refractivity contribution in [1.82, 2.24) is 4.90 Å². The fourth-order valence-corrected chi connectivity index (χ4v) is 2.80. The van der Waals surface area contributed by atoms with E-state index in [2.05, 4.69) is 37.8 Å². The maximum atomic E-state index is 10.5. The van der Waals surface area contributed by atoms with Gasteiger partial charge in [-0.1, -0.05) is 0 Å². The zero-order valence-corrected chi connectivity index (χ0v) is 12.3. The number of rotatable bonds is 8. The number of carboxylic acid groups (broad SMARTS) is 1. The summed E-state index contributed by atoms with van der Waals surface area (Å²) in [6, 6.07) is 4.84. The summed E-state index contributed by atoms with van der Waals surface area (Å²) in [4.78, 5) is 15.6. The molecule has 1 aromatic heterocycles. The van der Waals surface area contributed by atoms with E-state index >= 15 is 0 Å². The van der Waals surface area contributed by atoms with Crippen molar-refractivity contribution in [2.24, 2.45) is 0 Å². The molecule has 1 N–H and O–H groups in total. The fraction of sp³-hybridized carbons (Fsp3) is 0.643. The molecule has 3 nitrogen and oxygen atoms in total. The van der Waals surface area contributed by atoms with Crippen molar-refractivity contribution in [3.05, 3.63) is 21.9 Å². The molecule has 1 aromatic rings. The van der Waals surface area contributed by atoms with E-state index in [0.717, 1.165) is 25.9 Å². The average Bonchev–Trinajstić information content (AvgIpc) is 2.68. The van der Waals surface area contributed by atoms with Crippen molar-refractivity contribution in [1.29, 1.82) is 0 Å². The molecule has 0 saturated carbocycles. The van der Waals surface area contributed by atoms with Gasteiger partial charge in [-0.05, 0) is 52.3 Å². The van der Waals surface area contributed by atoms with Gasteiger partial charge < -0.3 is 5.11 Å². The van der Waals surface area contributed by atoms with E-state index in [1.54, 1.807) is 0 Å². The minimum atomic E-state index is -0.694. The van der Waals surface area contributed by atoms with Crippen molar-refractivity contribution in [3.8, 4) is 0 Å². The lowest BCUT2D eigenvalue weighted by Crippen LogP contribution is -2.31. The van der Waals surface area contributed by atoms with Gasteiger partial charge >= 0.3 is 5.97 Å². The third-order valence-corrected chi connectivity index (χ3v) is 3.96. The Morgan fingerprint density at radius 2 is 2.11 bits per heavy atom. The zero-order valence-electron chi connectivity index (χ0n) is 11.5. The Bertz CT molecular complexity index is 374. The number of carboxylic acids is 1. The van der Waals surface area contributed by atoms with E-state index in [1.807, 2.05) is 11.3 Å². The molecule has 0 saturated heterocycles. The second kappa shape index (κ2) is 7.54. The second-order valence-corrected chi connectivity index (χ2v) is 6.30. The molecule has 0 fully saturated rings. The molecule has 4 heteroatoms. The Balaban J connectivity index is 2.38. The molecular formula is C14H23NO2S. The van der Waals surface area contributed by atoms with E-state index < -0.39 is 5.97 Å². The lowest BCUT2D eigenvalue weighted by molar-refractivity contribution is -0.137. The van der Waals surface area contributed by atoms with Gasteiger partial charge in [-0.25, -0.2) is 0 Å². The fourth-order valence-electron chi connectivity index (χ4n) is 1.88. The van der Waals surface area contributed by atoms with Gasteiger partial charge in [0, 0.05) is 28.8 Å². The van der Waals surface area contributed by atoms with Crippen molar-refractivity contribution < 1.29 is 9.90 Å². The molecule has 18 heavy (non-hydrogen) atoms. The van der Waals surface area contributed by atoms with Crippen LogP contribution in [0.15, 0.2) is 12.1 Å². The largest absolute Gasteiger partial charge is 0.481 e. The molecular weight excluding hydrogens is 246 g/mol. The Labute approximate surface area is 113 Å². The molecule has 0 radical (unpaired) electrons. The molecule has 0 amide bonds. The molecule has 0 spiro atoms. The standard InChI is InChI=1S/C14H23NO2S/c1-11(2)15(9-5-4-6-14(16)17)10-13-8-7-12(3)18-13/h7-8,11H,4-6,9-10H2,1-3H3,(H,16,17). The third-order valence-electron chi connectivity index (χ3n) is 2.97. The average molecular weight is 269 g/mol. The van der Waals surface area contributed by atoms with E-state index in [9.17, 15) is 4.79 Å². The highest BCUT2D eigenvalue weighted by Crippen LogP contribution is 2.18. The Morgan fingerprint density at radius 3 is 2.61 bits per heavy atom. The number of aryl methyl sites for hydroxylation is 1. The van der Waals surface area contributed by atoms with Crippen molar-refractivity contribution >= 4 is 17.3 Å². The number of nitrogens with zero attached hydrogens (tertiary/aromatic N) is 1. The van der Waals surface area contributed by atoms with Crippen LogP contribution in [0, 0.1) is 6.92 Å². The van der Waals surface area contributed by atoms with Crippen molar-refractivity contribution in [2.45, 2.75) is 52.6 Å². The maximum Gasteiger partial charge on any atom is 0.303 e. The summed E-state index contributed by atoms with van der Waals surface area (Å²) in [5.74, 6) is -0.694. The molecule has 0 aliphatic carbocycles. The summed E-state index contributed by atoms with van der Waals surface area (Å²) in [6.45, 7) is 8.46. The highest BCUT2D eigenvalue weighted by Gasteiger charge is 2.11. The van der Waals surface area contributed by atoms with Crippen LogP contribution in [-0.4, -0.2) is 28.6 Å². The van der Waals surface area contributed by atoms with Crippen LogP contribution in [0.2, 0.25) is 0 Å². The minimum Gasteiger partial charge on any atom is -0.481 e. The predicted molar refractivity (Wildman–Crippen MR) is 76.1 cm³/mol. The van der Waals surface area contributed by atoms with Crippen molar-refractivity contribution in [2.75, 3.05) is 6.54 Å². The summed E-state index contributed by atoms with van der Waals surface area (Å²) in [5.41, 5.74) is 0. The van der Waals surface area contributed by atoms with Crippen LogP contribution in [0.25, 0.3) is 0 Å². The van der Waals surface area contributed by atoms with Gasteiger partial charge in [0.05, 0.1) is 0 Å². The second-order valence-electron chi connectivity index (χ2n) is 4.93. The van der Waals surface area contributed by atoms with Crippen molar-refractivity contribution in [3.63, 3.8) is 0 Å². The zero-order chi connectivity index (χ0) is 13.5. The van der Waals surface area contributed by atoms with Crippen LogP contribution < -0.4 is 0 Å². The maximum absolute atomic E-state index is 10.5. The van der Waals surface area contributed by atoms with Gasteiger partial charge in [0.25, 0.3) is 0 Å². The van der Waals surface area contributed by atoms with Gasteiger partial charge in [-0.2, -0.15) is 0 Å². The predicted octanol–water partition coefficient (Wildman–Crippen LogP) is 3.52. The van der Waals surface area contributed by atoms with Gasteiger partial charge in [0.15, 0.2) is 0 Å². The van der Waals surface area contributed by atoms with Crippen LogP contribution in [0.5, 0.6) is 0 Å². The lowest BCUT2D eigenvalue weighted by Gasteiger charge is -2.25. The Hall–Kier alpha value is -0.870. The first-order chi connectivity index (χ1) is 8.49. The molecule has 1 heterocycles. The number of unbranched alkanes of at least 4 members (excludes halogenated alkanes) is 1. The first-order valence-corrected chi connectivity index (χ1v) is 7.32. The summed E-state index contributed by atoms with van der Waals surface area (Å²) in [6.07, 6.45) is 2.00. The Morgan fingerprint density at radius 1 is 1.39 bits per heavy atom. The highest BCUT2D eigenvalue weighted by atomic mass is 32.1. The summed E-state index contributed by atoms with van der Waals surface area (Å²) >= 11 is 1.84. The Kier molecular flexibility index (Phi) is 6.36. The molecule has 102 valence electrons. The highest BCUT2D eigenvalue weighted by molar-refractivity contribution is 7.11. The molecule has 1 rings (SSSR count). The minimum absolute atomic E-state index is 0.282. The summed E-state index contributed by atoms with van der Waals surface area (Å²) < 4.78 is 0. The van der Waals surface area contributed by atoms with Crippen LogP contribution in [0.1, 0.15) is 42.9 Å². The topological polar surface area (TPSA) is 40.5 Å². The van der Waals surface area contributed by atoms with E-state index in [0.29, 0.717) is 6.04 Å². The monoisotopic (exact) mass is 269 g/mol. The van der Waals surface area contributed by atoms with Gasteiger partial charge in [-0.15, -0.1) is 11.3 Å². The lowest BCUT2D eigenvalue weighted by atomic mass is 10.2. The number of hydrogen-bond acceptors (Lipinski definition) is 3. The summed E-state index contributed by atoms with van der Waals surface area (Å²) in [5, 5.41) is 8.61. The molecule has 0 unspecified atom stereocenters. The number of aliphatic carboxylic acids is 1. The molecule has 0 atom stereocenters. The van der Waals surface area contributed by atoms with Crippen LogP contribution in [-0.2, 0) is 11.3 Å².